The summed E-state index contributed by atoms with van der Waals surface area (Å²) in [7, 11) is 1.43. The summed E-state index contributed by atoms with van der Waals surface area (Å²) in [5, 5.41) is 5.49. The fourth-order valence-corrected chi connectivity index (χ4v) is 3.31. The quantitative estimate of drug-likeness (QED) is 0.697. The molecule has 1 aliphatic heterocycles. The van der Waals surface area contributed by atoms with E-state index in [0.29, 0.717) is 30.9 Å². The molecule has 158 valence electrons. The van der Waals surface area contributed by atoms with Crippen molar-refractivity contribution in [3.63, 3.8) is 0 Å². The van der Waals surface area contributed by atoms with E-state index >= 15 is 0 Å². The van der Waals surface area contributed by atoms with E-state index in [0.717, 1.165) is 12.5 Å². The van der Waals surface area contributed by atoms with E-state index in [-0.39, 0.29) is 34.5 Å². The Labute approximate surface area is 178 Å². The fraction of sp³-hybridized carbons (Fsp3) is 0.286. The molecule has 0 unspecified atom stereocenters. The van der Waals surface area contributed by atoms with Crippen LogP contribution in [0.5, 0.6) is 5.75 Å². The Kier molecular flexibility index (Phi) is 6.89. The molecule has 7 nitrogen and oxygen atoms in total. The highest BCUT2D eigenvalue weighted by Crippen LogP contribution is 2.29. The Morgan fingerprint density at radius 3 is 2.67 bits per heavy atom. The summed E-state index contributed by atoms with van der Waals surface area (Å²) >= 11 is 5.72. The number of likely N-dealkylation sites (tertiary alicyclic amines) is 1. The largest absolute Gasteiger partial charge is 0.495 e. The Bertz CT molecular complexity index is 983. The number of anilines is 2. The molecule has 0 radical (unpaired) electrons. The van der Waals surface area contributed by atoms with Gasteiger partial charge in [0.25, 0.3) is 5.91 Å². The van der Waals surface area contributed by atoms with Crippen LogP contribution in [-0.2, 0) is 9.59 Å². The average molecular weight is 434 g/mol. The molecule has 1 heterocycles. The van der Waals surface area contributed by atoms with Crippen LogP contribution in [0.3, 0.4) is 0 Å². The van der Waals surface area contributed by atoms with Crippen molar-refractivity contribution in [2.75, 3.05) is 30.8 Å². The van der Waals surface area contributed by atoms with Gasteiger partial charge in [0.15, 0.2) is 0 Å². The zero-order valence-electron chi connectivity index (χ0n) is 16.3. The van der Waals surface area contributed by atoms with Crippen molar-refractivity contribution < 1.29 is 23.5 Å². The first-order valence-corrected chi connectivity index (χ1v) is 9.77. The highest BCUT2D eigenvalue weighted by atomic mass is 35.5. The second kappa shape index (κ2) is 9.58. The second-order valence-electron chi connectivity index (χ2n) is 6.78. The first-order valence-electron chi connectivity index (χ1n) is 9.39. The molecule has 2 aromatic carbocycles. The van der Waals surface area contributed by atoms with Crippen LogP contribution in [0.1, 0.15) is 29.6 Å². The third kappa shape index (κ3) is 5.27. The number of hydrogen-bond acceptors (Lipinski definition) is 4. The summed E-state index contributed by atoms with van der Waals surface area (Å²) in [4.78, 5) is 38.0. The van der Waals surface area contributed by atoms with Gasteiger partial charge >= 0.3 is 0 Å². The van der Waals surface area contributed by atoms with Crippen molar-refractivity contribution in [3.8, 4) is 5.75 Å². The topological polar surface area (TPSA) is 87.7 Å². The number of carbonyl (C=O) groups is 3. The maximum atomic E-state index is 14.0. The molecule has 2 aromatic rings. The molecule has 3 amide bonds. The van der Waals surface area contributed by atoms with Crippen LogP contribution in [0, 0.1) is 5.82 Å². The molecule has 0 bridgehead atoms. The minimum atomic E-state index is -0.750. The number of nitrogens with one attached hydrogen (secondary N) is 2. The predicted molar refractivity (Wildman–Crippen MR) is 111 cm³/mol. The summed E-state index contributed by atoms with van der Waals surface area (Å²) in [5.41, 5.74) is 0.524. The van der Waals surface area contributed by atoms with Crippen molar-refractivity contribution in [1.82, 2.24) is 4.90 Å². The molecule has 0 spiro atoms. The molecule has 0 saturated carbocycles. The third-order valence-corrected chi connectivity index (χ3v) is 4.92. The summed E-state index contributed by atoms with van der Waals surface area (Å²) in [6.07, 6.45) is 1.50. The molecule has 3 rings (SSSR count). The Morgan fingerprint density at radius 2 is 2.00 bits per heavy atom. The number of nitrogens with zero attached hydrogens (tertiary/aromatic N) is 1. The number of benzene rings is 2. The molecule has 1 aliphatic rings. The predicted octanol–water partition coefficient (Wildman–Crippen LogP) is 3.69. The number of rotatable bonds is 7. The maximum Gasteiger partial charge on any atom is 0.258 e. The third-order valence-electron chi connectivity index (χ3n) is 4.69. The zero-order valence-corrected chi connectivity index (χ0v) is 17.1. The Hall–Kier alpha value is -3.13. The van der Waals surface area contributed by atoms with E-state index in [1.165, 1.54) is 25.3 Å². The van der Waals surface area contributed by atoms with Gasteiger partial charge in [0.1, 0.15) is 11.6 Å². The van der Waals surface area contributed by atoms with Gasteiger partial charge in [-0.1, -0.05) is 11.6 Å². The van der Waals surface area contributed by atoms with Gasteiger partial charge in [-0.2, -0.15) is 0 Å². The van der Waals surface area contributed by atoms with Gasteiger partial charge in [0.2, 0.25) is 11.8 Å². The highest BCUT2D eigenvalue weighted by molar-refractivity contribution is 6.30. The molecule has 1 fully saturated rings. The molecule has 0 atom stereocenters. The molecule has 0 aliphatic carbocycles. The van der Waals surface area contributed by atoms with E-state index in [4.69, 9.17) is 16.3 Å². The summed E-state index contributed by atoms with van der Waals surface area (Å²) in [5.74, 6) is -1.29. The van der Waals surface area contributed by atoms with Crippen molar-refractivity contribution >= 4 is 40.7 Å². The highest BCUT2D eigenvalue weighted by Gasteiger charge is 2.20. The SMILES string of the molecule is COc1ccc(NC(=O)CCN2CCCC2=O)cc1NC(=O)c1ccc(Cl)cc1F. The van der Waals surface area contributed by atoms with E-state index in [1.54, 1.807) is 17.0 Å². The van der Waals surface area contributed by atoms with E-state index in [9.17, 15) is 18.8 Å². The van der Waals surface area contributed by atoms with Crippen molar-refractivity contribution in [3.05, 3.63) is 52.8 Å². The van der Waals surface area contributed by atoms with Crippen LogP contribution in [0.2, 0.25) is 5.02 Å². The standard InChI is InChI=1S/C21H21ClFN3O4/c1-30-18-7-5-14(24-19(27)8-10-26-9-2-3-20(26)28)12-17(18)25-21(29)15-6-4-13(22)11-16(15)23/h4-7,11-12H,2-3,8-10H2,1H3,(H,24,27)(H,25,29). The maximum absolute atomic E-state index is 14.0. The fourth-order valence-electron chi connectivity index (χ4n) is 3.15. The molecule has 2 N–H and O–H groups in total. The molecular formula is C21H21ClFN3O4. The minimum Gasteiger partial charge on any atom is -0.495 e. The number of carbonyl (C=O) groups excluding carboxylic acids is 3. The first kappa shape index (κ1) is 21.6. The van der Waals surface area contributed by atoms with Gasteiger partial charge in [0.05, 0.1) is 18.4 Å². The van der Waals surface area contributed by atoms with Crippen LogP contribution in [-0.4, -0.2) is 42.8 Å². The van der Waals surface area contributed by atoms with E-state index in [2.05, 4.69) is 10.6 Å². The molecule has 30 heavy (non-hydrogen) atoms. The van der Waals surface area contributed by atoms with Gasteiger partial charge in [-0.05, 0) is 42.8 Å². The smallest absolute Gasteiger partial charge is 0.258 e. The lowest BCUT2D eigenvalue weighted by Crippen LogP contribution is -2.28. The Balaban J connectivity index is 1.67. The van der Waals surface area contributed by atoms with Crippen LogP contribution < -0.4 is 15.4 Å². The van der Waals surface area contributed by atoms with Crippen molar-refractivity contribution in [2.45, 2.75) is 19.3 Å². The average Bonchev–Trinajstić information content (AvgIpc) is 3.11. The van der Waals surface area contributed by atoms with E-state index < -0.39 is 11.7 Å². The van der Waals surface area contributed by atoms with Gasteiger partial charge in [-0.15, -0.1) is 0 Å². The lowest BCUT2D eigenvalue weighted by molar-refractivity contribution is -0.128. The number of halogens is 2. The molecule has 9 heteroatoms. The van der Waals surface area contributed by atoms with Crippen LogP contribution in [0.15, 0.2) is 36.4 Å². The van der Waals surface area contributed by atoms with Gasteiger partial charge in [0, 0.05) is 36.6 Å². The Morgan fingerprint density at radius 1 is 1.20 bits per heavy atom. The van der Waals surface area contributed by atoms with E-state index in [1.807, 2.05) is 0 Å². The number of amides is 3. The summed E-state index contributed by atoms with van der Waals surface area (Å²) < 4.78 is 19.2. The van der Waals surface area contributed by atoms with Gasteiger partial charge in [-0.25, -0.2) is 4.39 Å². The van der Waals surface area contributed by atoms with Crippen molar-refractivity contribution in [2.24, 2.45) is 0 Å². The number of ether oxygens (including phenoxy) is 1. The van der Waals surface area contributed by atoms with Crippen LogP contribution in [0.4, 0.5) is 15.8 Å². The lowest BCUT2D eigenvalue weighted by atomic mass is 10.2. The minimum absolute atomic E-state index is 0.0617. The van der Waals surface area contributed by atoms with Crippen LogP contribution in [0.25, 0.3) is 0 Å². The molecule has 0 aromatic heterocycles. The second-order valence-corrected chi connectivity index (χ2v) is 7.21. The van der Waals surface area contributed by atoms with Crippen molar-refractivity contribution in [1.29, 1.82) is 0 Å². The lowest BCUT2D eigenvalue weighted by Gasteiger charge is -2.16. The van der Waals surface area contributed by atoms with Crippen LogP contribution >= 0.6 is 11.6 Å². The number of hydrogen-bond donors (Lipinski definition) is 2. The van der Waals surface area contributed by atoms with Gasteiger partial charge < -0.3 is 20.3 Å². The number of methoxy groups -OCH3 is 1. The molecular weight excluding hydrogens is 413 g/mol. The molecule has 1 saturated heterocycles. The summed E-state index contributed by atoms with van der Waals surface area (Å²) in [6, 6.07) is 8.46. The monoisotopic (exact) mass is 433 g/mol. The van der Waals surface area contributed by atoms with Gasteiger partial charge in [-0.3, -0.25) is 14.4 Å². The summed E-state index contributed by atoms with van der Waals surface area (Å²) in [6.45, 7) is 1.03. The zero-order chi connectivity index (χ0) is 21.7. The first-order chi connectivity index (χ1) is 14.4. The normalized spacial score (nSPS) is 13.3.